The number of benzene rings is 1. The zero-order valence-electron chi connectivity index (χ0n) is 10.7. The average Bonchev–Trinajstić information content (AvgIpc) is 2.89. The van der Waals surface area contributed by atoms with Gasteiger partial charge in [0.25, 0.3) is 5.69 Å². The first kappa shape index (κ1) is 14.2. The van der Waals surface area contributed by atoms with Crippen molar-refractivity contribution in [1.82, 2.24) is 5.32 Å². The van der Waals surface area contributed by atoms with Crippen LogP contribution < -0.4 is 5.32 Å². The summed E-state index contributed by atoms with van der Waals surface area (Å²) in [4.78, 5) is 10.3. The van der Waals surface area contributed by atoms with Crippen molar-refractivity contribution in [3.05, 3.63) is 50.0 Å². The first-order chi connectivity index (χ1) is 9.16. The topological polar surface area (TPSA) is 55.2 Å². The highest BCUT2D eigenvalue weighted by atomic mass is 79.9. The van der Waals surface area contributed by atoms with Crippen molar-refractivity contribution in [3.63, 3.8) is 0 Å². The van der Waals surface area contributed by atoms with Crippen LogP contribution in [0, 0.1) is 10.1 Å². The molecular formula is C14H17BrN2O2. The van der Waals surface area contributed by atoms with Gasteiger partial charge in [-0.25, -0.2) is 0 Å². The molecule has 0 radical (unpaired) electrons. The Balaban J connectivity index is 1.80. The second kappa shape index (κ2) is 6.82. The first-order valence-electron chi connectivity index (χ1n) is 6.48. The molecule has 19 heavy (non-hydrogen) atoms. The van der Waals surface area contributed by atoms with Gasteiger partial charge in [0.1, 0.15) is 0 Å². The summed E-state index contributed by atoms with van der Waals surface area (Å²) >= 11 is 3.38. The minimum absolute atomic E-state index is 0.117. The molecule has 0 amide bonds. The summed E-state index contributed by atoms with van der Waals surface area (Å²) in [6, 6.07) is 4.89. The Kier molecular flexibility index (Phi) is 5.10. The van der Waals surface area contributed by atoms with Crippen LogP contribution in [0.25, 0.3) is 0 Å². The van der Waals surface area contributed by atoms with Crippen LogP contribution in [0.3, 0.4) is 0 Å². The van der Waals surface area contributed by atoms with Crippen molar-refractivity contribution in [2.24, 2.45) is 0 Å². The van der Waals surface area contributed by atoms with Crippen molar-refractivity contribution in [1.29, 1.82) is 0 Å². The molecule has 0 saturated carbocycles. The quantitative estimate of drug-likeness (QED) is 0.373. The maximum atomic E-state index is 10.6. The number of nitrogens with zero attached hydrogens (tertiary/aromatic N) is 1. The van der Waals surface area contributed by atoms with Crippen LogP contribution in [0.15, 0.2) is 34.3 Å². The molecule has 0 atom stereocenters. The van der Waals surface area contributed by atoms with Gasteiger partial charge in [-0.05, 0) is 43.9 Å². The smallest absolute Gasteiger partial charge is 0.270 e. The molecule has 4 nitrogen and oxygen atoms in total. The molecule has 0 spiro atoms. The summed E-state index contributed by atoms with van der Waals surface area (Å²) in [5.41, 5.74) is 2.72. The van der Waals surface area contributed by atoms with E-state index in [0.717, 1.165) is 29.5 Å². The fourth-order valence-electron chi connectivity index (χ4n) is 2.23. The van der Waals surface area contributed by atoms with Crippen molar-refractivity contribution in [3.8, 4) is 0 Å². The van der Waals surface area contributed by atoms with Gasteiger partial charge in [-0.1, -0.05) is 27.6 Å². The van der Waals surface area contributed by atoms with E-state index < -0.39 is 0 Å². The van der Waals surface area contributed by atoms with E-state index in [2.05, 4.69) is 27.3 Å². The minimum atomic E-state index is -0.380. The second-order valence-electron chi connectivity index (χ2n) is 4.71. The zero-order valence-corrected chi connectivity index (χ0v) is 12.3. The Bertz CT molecular complexity index is 500. The van der Waals surface area contributed by atoms with Gasteiger partial charge < -0.3 is 5.32 Å². The van der Waals surface area contributed by atoms with Crippen molar-refractivity contribution < 1.29 is 4.92 Å². The summed E-state index contributed by atoms with van der Waals surface area (Å²) in [5, 5.41) is 14.0. The van der Waals surface area contributed by atoms with Gasteiger partial charge in [-0.15, -0.1) is 0 Å². The summed E-state index contributed by atoms with van der Waals surface area (Å²) in [6.45, 7) is 1.68. The molecule has 2 rings (SSSR count). The number of hydrogen-bond donors (Lipinski definition) is 1. The lowest BCUT2D eigenvalue weighted by atomic mass is 10.1. The third kappa shape index (κ3) is 4.14. The highest BCUT2D eigenvalue weighted by Crippen LogP contribution is 2.23. The zero-order chi connectivity index (χ0) is 13.7. The Labute approximate surface area is 121 Å². The van der Waals surface area contributed by atoms with Crippen molar-refractivity contribution in [2.45, 2.75) is 32.2 Å². The maximum Gasteiger partial charge on any atom is 0.270 e. The number of hydrogen-bond acceptors (Lipinski definition) is 3. The molecular weight excluding hydrogens is 308 g/mol. The number of halogens is 1. The maximum absolute atomic E-state index is 10.6. The van der Waals surface area contributed by atoms with E-state index in [0.29, 0.717) is 0 Å². The number of allylic oxidation sites excluding steroid dienone is 1. The summed E-state index contributed by atoms with van der Waals surface area (Å²) in [6.07, 6.45) is 7.20. The van der Waals surface area contributed by atoms with Gasteiger partial charge in [-0.2, -0.15) is 0 Å². The highest BCUT2D eigenvalue weighted by molar-refractivity contribution is 9.10. The molecule has 1 aromatic carbocycles. The molecule has 1 aliphatic carbocycles. The third-order valence-electron chi connectivity index (χ3n) is 3.32. The lowest BCUT2D eigenvalue weighted by molar-refractivity contribution is -0.384. The van der Waals surface area contributed by atoms with Crippen molar-refractivity contribution in [2.75, 3.05) is 6.54 Å². The van der Waals surface area contributed by atoms with Gasteiger partial charge in [0, 0.05) is 23.2 Å². The van der Waals surface area contributed by atoms with Crippen LogP contribution in [0.4, 0.5) is 5.69 Å². The predicted molar refractivity (Wildman–Crippen MR) is 79.1 cm³/mol. The van der Waals surface area contributed by atoms with E-state index in [-0.39, 0.29) is 10.6 Å². The van der Waals surface area contributed by atoms with Gasteiger partial charge in [0.2, 0.25) is 0 Å². The largest absolute Gasteiger partial charge is 0.312 e. The molecule has 0 saturated heterocycles. The van der Waals surface area contributed by atoms with Gasteiger partial charge in [0.15, 0.2) is 0 Å². The van der Waals surface area contributed by atoms with Crippen LogP contribution in [-0.2, 0) is 6.54 Å². The molecule has 0 unspecified atom stereocenters. The standard InChI is InChI=1S/C14H17BrN2O2/c15-14-9-13(17(18)19)6-5-12(14)10-16-8-7-11-3-1-2-4-11/h3,5-6,9,16H,1-2,4,7-8,10H2. The van der Waals surface area contributed by atoms with Crippen LogP contribution in [0.5, 0.6) is 0 Å². The lowest BCUT2D eigenvalue weighted by Crippen LogP contribution is -2.15. The fraction of sp³-hybridized carbons (Fsp3) is 0.429. The van der Waals surface area contributed by atoms with Crippen LogP contribution >= 0.6 is 15.9 Å². The molecule has 102 valence electrons. The number of nitrogens with one attached hydrogen (secondary N) is 1. The molecule has 0 fully saturated rings. The Morgan fingerprint density at radius 2 is 2.26 bits per heavy atom. The number of nitro groups is 1. The molecule has 1 N–H and O–H groups in total. The van der Waals surface area contributed by atoms with Crippen LogP contribution in [-0.4, -0.2) is 11.5 Å². The summed E-state index contributed by atoms with van der Waals surface area (Å²) in [5.74, 6) is 0. The second-order valence-corrected chi connectivity index (χ2v) is 5.57. The van der Waals surface area contributed by atoms with E-state index in [1.165, 1.54) is 19.3 Å². The van der Waals surface area contributed by atoms with Gasteiger partial charge in [-0.3, -0.25) is 10.1 Å². The van der Waals surface area contributed by atoms with Crippen LogP contribution in [0.1, 0.15) is 31.2 Å². The predicted octanol–water partition coefficient (Wildman–Crippen LogP) is 3.95. The molecule has 1 aromatic rings. The van der Waals surface area contributed by atoms with E-state index in [9.17, 15) is 10.1 Å². The van der Waals surface area contributed by atoms with E-state index in [4.69, 9.17) is 0 Å². The first-order valence-corrected chi connectivity index (χ1v) is 7.27. The molecule has 0 aromatic heterocycles. The number of nitro benzene ring substituents is 1. The average molecular weight is 325 g/mol. The van der Waals surface area contributed by atoms with Gasteiger partial charge in [0.05, 0.1) is 4.92 Å². The van der Waals surface area contributed by atoms with E-state index >= 15 is 0 Å². The fourth-order valence-corrected chi connectivity index (χ4v) is 2.74. The minimum Gasteiger partial charge on any atom is -0.312 e. The monoisotopic (exact) mass is 324 g/mol. The highest BCUT2D eigenvalue weighted by Gasteiger charge is 2.09. The van der Waals surface area contributed by atoms with E-state index in [1.807, 2.05) is 0 Å². The number of rotatable bonds is 6. The lowest BCUT2D eigenvalue weighted by Gasteiger charge is -2.07. The van der Waals surface area contributed by atoms with Crippen LogP contribution in [0.2, 0.25) is 0 Å². The van der Waals surface area contributed by atoms with Crippen molar-refractivity contribution >= 4 is 21.6 Å². The Morgan fingerprint density at radius 1 is 1.42 bits per heavy atom. The SMILES string of the molecule is O=[N+]([O-])c1ccc(CNCCC2=CCCC2)c(Br)c1. The third-order valence-corrected chi connectivity index (χ3v) is 4.06. The summed E-state index contributed by atoms with van der Waals surface area (Å²) < 4.78 is 0.786. The number of non-ortho nitro benzene ring substituents is 1. The molecule has 1 aliphatic rings. The van der Waals surface area contributed by atoms with Gasteiger partial charge >= 0.3 is 0 Å². The molecule has 0 aliphatic heterocycles. The molecule has 5 heteroatoms. The normalized spacial score (nSPS) is 14.5. The Hall–Kier alpha value is -1.20. The molecule has 0 heterocycles. The van der Waals surface area contributed by atoms with E-state index in [1.54, 1.807) is 23.8 Å². The molecule has 0 bridgehead atoms. The Morgan fingerprint density at radius 3 is 2.89 bits per heavy atom. The summed E-state index contributed by atoms with van der Waals surface area (Å²) in [7, 11) is 0.